The van der Waals surface area contributed by atoms with E-state index in [1.807, 2.05) is 21.6 Å². The maximum atomic E-state index is 12.6. The number of carbonyl (C=O) groups excluding carboxylic acids is 2. The van der Waals surface area contributed by atoms with E-state index >= 15 is 0 Å². The Morgan fingerprint density at radius 3 is 2.32 bits per heavy atom. The second kappa shape index (κ2) is 8.26. The number of hydrogen-bond donors (Lipinski definition) is 0. The molecule has 4 nitrogen and oxygen atoms in total. The molecule has 0 spiro atoms. The van der Waals surface area contributed by atoms with Crippen LogP contribution >= 0.6 is 11.8 Å². The van der Waals surface area contributed by atoms with Gasteiger partial charge >= 0.3 is 0 Å². The van der Waals surface area contributed by atoms with E-state index in [1.54, 1.807) is 0 Å². The monoisotopic (exact) mass is 360 g/mol. The summed E-state index contributed by atoms with van der Waals surface area (Å²) in [6.07, 6.45) is 3.42. The molecule has 3 rings (SSSR count). The van der Waals surface area contributed by atoms with Gasteiger partial charge in [0.1, 0.15) is 0 Å². The average molecular weight is 361 g/mol. The Morgan fingerprint density at radius 1 is 1.04 bits per heavy atom. The van der Waals surface area contributed by atoms with E-state index in [1.165, 1.54) is 4.90 Å². The first kappa shape index (κ1) is 18.3. The highest BCUT2D eigenvalue weighted by Gasteiger charge is 2.34. The van der Waals surface area contributed by atoms with Crippen LogP contribution < -0.4 is 0 Å². The summed E-state index contributed by atoms with van der Waals surface area (Å²) in [5.74, 6) is 0.738. The first-order chi connectivity index (χ1) is 12.0. The molecule has 2 amide bonds. The Bertz CT molecular complexity index is 611. The minimum absolute atomic E-state index is 0.171. The summed E-state index contributed by atoms with van der Waals surface area (Å²) in [6, 6.07) is 8.32. The lowest BCUT2D eigenvalue weighted by atomic mass is 10.1. The maximum Gasteiger partial charge on any atom is 0.227 e. The molecule has 0 aromatic heterocycles. The van der Waals surface area contributed by atoms with E-state index in [0.29, 0.717) is 30.7 Å². The molecule has 25 heavy (non-hydrogen) atoms. The van der Waals surface area contributed by atoms with Crippen LogP contribution in [0.5, 0.6) is 0 Å². The van der Waals surface area contributed by atoms with Crippen LogP contribution in [0.1, 0.15) is 38.7 Å². The molecule has 0 bridgehead atoms. The molecular formula is C20H28N2O2S. The first-order valence-electron chi connectivity index (χ1n) is 9.35. The molecule has 0 unspecified atom stereocenters. The lowest BCUT2D eigenvalue weighted by Crippen LogP contribution is -2.38. The zero-order chi connectivity index (χ0) is 17.8. The number of carbonyl (C=O) groups is 2. The summed E-state index contributed by atoms with van der Waals surface area (Å²) < 4.78 is 0. The minimum atomic E-state index is 0.171. The molecule has 0 radical (unpaired) electrons. The normalized spacial score (nSPS) is 18.4. The highest BCUT2D eigenvalue weighted by atomic mass is 32.2. The van der Waals surface area contributed by atoms with Crippen molar-refractivity contribution in [2.45, 2.75) is 49.7 Å². The number of rotatable bonds is 5. The molecule has 1 aromatic carbocycles. The van der Waals surface area contributed by atoms with Crippen LogP contribution in [0, 0.1) is 5.92 Å². The molecule has 0 atom stereocenters. The lowest BCUT2D eigenvalue weighted by molar-refractivity contribution is -0.134. The second-order valence-electron chi connectivity index (χ2n) is 7.32. The van der Waals surface area contributed by atoms with Gasteiger partial charge in [-0.25, -0.2) is 0 Å². The topological polar surface area (TPSA) is 40.6 Å². The molecule has 0 N–H and O–H groups in total. The van der Waals surface area contributed by atoms with Gasteiger partial charge in [0.25, 0.3) is 0 Å². The molecule has 2 aliphatic rings. The van der Waals surface area contributed by atoms with Gasteiger partial charge in [-0.3, -0.25) is 9.59 Å². The predicted molar refractivity (Wildman–Crippen MR) is 102 cm³/mol. The summed E-state index contributed by atoms with van der Waals surface area (Å²) in [5, 5.41) is 0.561. The van der Waals surface area contributed by atoms with Crippen LogP contribution in [0.4, 0.5) is 0 Å². The Balaban J connectivity index is 1.51. The van der Waals surface area contributed by atoms with Gasteiger partial charge in [-0.1, -0.05) is 26.0 Å². The molecule has 1 aliphatic carbocycles. The Hall–Kier alpha value is -1.49. The van der Waals surface area contributed by atoms with Crippen molar-refractivity contribution < 1.29 is 9.59 Å². The molecule has 136 valence electrons. The van der Waals surface area contributed by atoms with E-state index in [4.69, 9.17) is 0 Å². The molecule has 1 saturated carbocycles. The number of benzene rings is 1. The summed E-state index contributed by atoms with van der Waals surface area (Å²) in [5.41, 5.74) is 1.06. The Morgan fingerprint density at radius 2 is 1.68 bits per heavy atom. The van der Waals surface area contributed by atoms with Crippen molar-refractivity contribution in [2.75, 3.05) is 26.2 Å². The fraction of sp³-hybridized carbons (Fsp3) is 0.600. The predicted octanol–water partition coefficient (Wildman–Crippen LogP) is 3.20. The highest BCUT2D eigenvalue weighted by Crippen LogP contribution is 2.31. The number of hydrogen-bond acceptors (Lipinski definition) is 3. The van der Waals surface area contributed by atoms with Gasteiger partial charge in [-0.15, -0.1) is 11.8 Å². The fourth-order valence-electron chi connectivity index (χ4n) is 3.22. The van der Waals surface area contributed by atoms with Crippen molar-refractivity contribution in [1.29, 1.82) is 0 Å². The van der Waals surface area contributed by atoms with Crippen LogP contribution in [0.25, 0.3) is 0 Å². The number of nitrogens with zero attached hydrogens (tertiary/aromatic N) is 2. The molecule has 1 aromatic rings. The van der Waals surface area contributed by atoms with Gasteiger partial charge in [0.05, 0.1) is 6.42 Å². The number of thioether (sulfide) groups is 1. The summed E-state index contributed by atoms with van der Waals surface area (Å²) >= 11 is 1.83. The summed E-state index contributed by atoms with van der Waals surface area (Å²) in [6.45, 7) is 7.26. The van der Waals surface area contributed by atoms with Gasteiger partial charge in [0.15, 0.2) is 0 Å². The van der Waals surface area contributed by atoms with E-state index in [9.17, 15) is 9.59 Å². The zero-order valence-electron chi connectivity index (χ0n) is 15.2. The number of amides is 2. The van der Waals surface area contributed by atoms with E-state index in [0.717, 1.165) is 37.9 Å². The average Bonchev–Trinajstić information content (AvgIpc) is 3.42. The first-order valence-corrected chi connectivity index (χ1v) is 10.2. The van der Waals surface area contributed by atoms with Crippen molar-refractivity contribution in [3.8, 4) is 0 Å². The largest absolute Gasteiger partial charge is 0.341 e. The Labute approximate surface area is 154 Å². The van der Waals surface area contributed by atoms with Gasteiger partial charge in [-0.2, -0.15) is 0 Å². The van der Waals surface area contributed by atoms with Crippen molar-refractivity contribution in [1.82, 2.24) is 9.80 Å². The maximum absolute atomic E-state index is 12.6. The van der Waals surface area contributed by atoms with Crippen molar-refractivity contribution in [2.24, 2.45) is 5.92 Å². The second-order valence-corrected chi connectivity index (χ2v) is 8.97. The fourth-order valence-corrected chi connectivity index (χ4v) is 4.06. The van der Waals surface area contributed by atoms with Crippen LogP contribution in [0.15, 0.2) is 29.2 Å². The quantitative estimate of drug-likeness (QED) is 0.757. The third-order valence-electron chi connectivity index (χ3n) is 4.74. The summed E-state index contributed by atoms with van der Waals surface area (Å²) in [7, 11) is 0. The van der Waals surface area contributed by atoms with Gasteiger partial charge in [-0.05, 0) is 37.0 Å². The molecule has 1 saturated heterocycles. The van der Waals surface area contributed by atoms with Crippen LogP contribution in [0.2, 0.25) is 0 Å². The Kier molecular flexibility index (Phi) is 6.05. The molecular weight excluding hydrogens is 332 g/mol. The molecule has 2 fully saturated rings. The van der Waals surface area contributed by atoms with Crippen molar-refractivity contribution in [3.05, 3.63) is 29.8 Å². The van der Waals surface area contributed by atoms with Crippen LogP contribution in [-0.4, -0.2) is 53.0 Å². The van der Waals surface area contributed by atoms with Crippen LogP contribution in [0.3, 0.4) is 0 Å². The third-order valence-corrected chi connectivity index (χ3v) is 5.75. The standard InChI is InChI=1S/C20H28N2O2S/c1-15(2)25-18-8-4-16(5-9-18)14-19(23)21-10-3-11-22(13-12-21)20(24)17-6-7-17/h4-5,8-9,15,17H,3,6-7,10-14H2,1-2H3. The SMILES string of the molecule is CC(C)Sc1ccc(CC(=O)N2CCCN(C(=O)C3CC3)CC2)cc1. The van der Waals surface area contributed by atoms with Gasteiger partial charge < -0.3 is 9.80 Å². The van der Waals surface area contributed by atoms with E-state index < -0.39 is 0 Å². The molecule has 5 heteroatoms. The van der Waals surface area contributed by atoms with Crippen molar-refractivity contribution >= 4 is 23.6 Å². The van der Waals surface area contributed by atoms with Gasteiger partial charge in [0, 0.05) is 42.2 Å². The smallest absolute Gasteiger partial charge is 0.227 e. The third kappa shape index (κ3) is 5.24. The van der Waals surface area contributed by atoms with E-state index in [-0.39, 0.29) is 11.8 Å². The van der Waals surface area contributed by atoms with E-state index in [2.05, 4.69) is 38.1 Å². The molecule has 1 aliphatic heterocycles. The summed E-state index contributed by atoms with van der Waals surface area (Å²) in [4.78, 5) is 30.0. The molecule has 1 heterocycles. The van der Waals surface area contributed by atoms with Gasteiger partial charge in [0.2, 0.25) is 11.8 Å². The lowest BCUT2D eigenvalue weighted by Gasteiger charge is -2.22. The van der Waals surface area contributed by atoms with Crippen molar-refractivity contribution in [3.63, 3.8) is 0 Å². The minimum Gasteiger partial charge on any atom is -0.341 e. The van der Waals surface area contributed by atoms with Crippen LogP contribution in [-0.2, 0) is 16.0 Å². The highest BCUT2D eigenvalue weighted by molar-refractivity contribution is 7.99. The zero-order valence-corrected chi connectivity index (χ0v) is 16.1.